The van der Waals surface area contributed by atoms with Gasteiger partial charge in [0.05, 0.1) is 6.04 Å². The fraction of sp³-hybridized carbons (Fsp3) is 0.435. The largest absolute Gasteiger partial charge is 0.381 e. The highest BCUT2D eigenvalue weighted by atomic mass is 32.2. The molecule has 2 fully saturated rings. The van der Waals surface area contributed by atoms with E-state index in [-0.39, 0.29) is 16.7 Å². The fourth-order valence-corrected chi connectivity index (χ4v) is 5.21. The van der Waals surface area contributed by atoms with Crippen LogP contribution in [-0.2, 0) is 21.2 Å². The molecule has 0 unspecified atom stereocenters. The van der Waals surface area contributed by atoms with E-state index in [0.717, 1.165) is 30.9 Å². The van der Waals surface area contributed by atoms with Crippen LogP contribution in [-0.4, -0.2) is 53.8 Å². The number of alkyl halides is 2. The maximum Gasteiger partial charge on any atom is 0.350 e. The number of carbonyl (C=O) groups is 1. The molecule has 1 saturated heterocycles. The second kappa shape index (κ2) is 8.82. The Morgan fingerprint density at radius 2 is 1.86 bits per heavy atom. The minimum absolute atomic E-state index is 0.137. The Labute approximate surface area is 201 Å². The number of hydrogen-bond acceptors (Lipinski definition) is 4. The minimum atomic E-state index is -5.25. The maximum atomic E-state index is 15.6. The summed E-state index contributed by atoms with van der Waals surface area (Å²) < 4.78 is 112. The predicted molar refractivity (Wildman–Crippen MR) is 116 cm³/mol. The molecule has 6 nitrogen and oxygen atoms in total. The van der Waals surface area contributed by atoms with E-state index in [1.165, 1.54) is 18.2 Å². The normalized spacial score (nSPS) is 26.4. The molecule has 0 radical (unpaired) electrons. The van der Waals surface area contributed by atoms with Crippen LogP contribution in [0.2, 0.25) is 0 Å². The third-order valence-electron chi connectivity index (χ3n) is 6.03. The van der Waals surface area contributed by atoms with Gasteiger partial charge in [-0.15, -0.1) is 0 Å². The predicted octanol–water partition coefficient (Wildman–Crippen LogP) is 3.19. The van der Waals surface area contributed by atoms with Gasteiger partial charge in [0.25, 0.3) is 15.9 Å². The van der Waals surface area contributed by atoms with Gasteiger partial charge in [-0.3, -0.25) is 4.79 Å². The number of sulfonamides is 1. The highest BCUT2D eigenvalue weighted by Gasteiger charge is 2.62. The van der Waals surface area contributed by atoms with E-state index < -0.39 is 81.6 Å². The number of piperidine rings is 1. The van der Waals surface area contributed by atoms with Crippen molar-refractivity contribution in [3.05, 3.63) is 59.4 Å². The van der Waals surface area contributed by atoms with Crippen molar-refractivity contribution in [2.75, 3.05) is 0 Å². The number of likely N-dealkylation sites (tertiary alicyclic amines) is 1. The van der Waals surface area contributed by atoms with Gasteiger partial charge in [-0.1, -0.05) is 18.2 Å². The zero-order chi connectivity index (χ0) is 27.7. The molecule has 0 spiro atoms. The van der Waals surface area contributed by atoms with Gasteiger partial charge in [-0.05, 0) is 55.8 Å². The first kappa shape index (κ1) is 22.9. The molecular weight excluding hydrogens is 495 g/mol. The average Bonchev–Trinajstić information content (AvgIpc) is 3.15. The van der Waals surface area contributed by atoms with Crippen molar-refractivity contribution in [1.82, 2.24) is 9.62 Å². The van der Waals surface area contributed by atoms with Crippen LogP contribution in [0.1, 0.15) is 28.5 Å². The number of nitrogens with zero attached hydrogens (tertiary/aromatic N) is 1. The van der Waals surface area contributed by atoms with Gasteiger partial charge in [0.15, 0.2) is 0 Å². The van der Waals surface area contributed by atoms with E-state index in [1.807, 2.05) is 0 Å². The summed E-state index contributed by atoms with van der Waals surface area (Å²) in [6, 6.07) is 2.07. The summed E-state index contributed by atoms with van der Waals surface area (Å²) in [4.78, 5) is 14.0. The Morgan fingerprint density at radius 3 is 2.43 bits per heavy atom. The van der Waals surface area contributed by atoms with Gasteiger partial charge < -0.3 is 10.0 Å². The third kappa shape index (κ3) is 4.91. The summed E-state index contributed by atoms with van der Waals surface area (Å²) >= 11 is 0. The van der Waals surface area contributed by atoms with E-state index in [9.17, 15) is 35.9 Å². The summed E-state index contributed by atoms with van der Waals surface area (Å²) in [6.07, 6.45) is -2.63. The minimum Gasteiger partial charge on any atom is -0.381 e. The number of aliphatic hydroxyl groups is 1. The molecule has 2 aliphatic rings. The number of halogens is 5. The molecule has 2 N–H and O–H groups in total. The van der Waals surface area contributed by atoms with Gasteiger partial charge in [0.2, 0.25) is 0 Å². The molecular formula is C23H23F5N2O4S. The average molecular weight is 521 g/mol. The SMILES string of the molecule is [2H]C1([2H])[C@@H]2[C@@H](NS(=O)(=O)C(F)F)[C@@H](Cc3cccc(-c4cc(F)cc(F)c4)c3F)N(C(=O)C(C)(C)O)[C@@H]21. The van der Waals surface area contributed by atoms with Crippen LogP contribution in [0.3, 0.4) is 0 Å². The van der Waals surface area contributed by atoms with E-state index in [4.69, 9.17) is 2.74 Å². The lowest BCUT2D eigenvalue weighted by atomic mass is 9.94. The van der Waals surface area contributed by atoms with Crippen molar-refractivity contribution in [1.29, 1.82) is 0 Å². The van der Waals surface area contributed by atoms with E-state index >= 15 is 4.39 Å². The number of nitrogens with one attached hydrogen (secondary N) is 1. The second-order valence-corrected chi connectivity index (χ2v) is 10.7. The molecule has 1 saturated carbocycles. The van der Waals surface area contributed by atoms with Crippen LogP contribution >= 0.6 is 0 Å². The van der Waals surface area contributed by atoms with E-state index in [2.05, 4.69) is 0 Å². The first-order valence-corrected chi connectivity index (χ1v) is 12.1. The number of fused-ring (bicyclic) bond motifs is 1. The van der Waals surface area contributed by atoms with Gasteiger partial charge >= 0.3 is 5.76 Å². The molecule has 12 heteroatoms. The maximum absolute atomic E-state index is 15.6. The summed E-state index contributed by atoms with van der Waals surface area (Å²) in [5.74, 6) is -8.96. The lowest BCUT2D eigenvalue weighted by Crippen LogP contribution is -2.55. The molecule has 0 bridgehead atoms. The van der Waals surface area contributed by atoms with Crippen molar-refractivity contribution in [2.45, 2.75) is 56.1 Å². The third-order valence-corrected chi connectivity index (χ3v) is 7.10. The van der Waals surface area contributed by atoms with Crippen molar-refractivity contribution in [3.63, 3.8) is 0 Å². The first-order valence-electron chi connectivity index (χ1n) is 11.5. The van der Waals surface area contributed by atoms with Crippen LogP contribution in [0.5, 0.6) is 0 Å². The Kier molecular flexibility index (Phi) is 5.76. The second-order valence-electron chi connectivity index (χ2n) is 9.07. The highest BCUT2D eigenvalue weighted by molar-refractivity contribution is 7.89. The molecule has 1 aliphatic heterocycles. The summed E-state index contributed by atoms with van der Waals surface area (Å²) in [5.41, 5.74) is -2.54. The first-order chi connectivity index (χ1) is 17.0. The van der Waals surface area contributed by atoms with Crippen molar-refractivity contribution in [2.24, 2.45) is 5.92 Å². The van der Waals surface area contributed by atoms with Gasteiger partial charge in [0, 0.05) is 26.5 Å². The van der Waals surface area contributed by atoms with E-state index in [0.29, 0.717) is 6.07 Å². The summed E-state index contributed by atoms with van der Waals surface area (Å²) in [7, 11) is -5.25. The van der Waals surface area contributed by atoms with Crippen LogP contribution in [0, 0.1) is 23.4 Å². The number of amides is 1. The van der Waals surface area contributed by atoms with Crippen molar-refractivity contribution < 1.29 is 43.0 Å². The van der Waals surface area contributed by atoms with Crippen LogP contribution in [0.25, 0.3) is 11.1 Å². The summed E-state index contributed by atoms with van der Waals surface area (Å²) in [6.45, 7) is 2.24. The highest BCUT2D eigenvalue weighted by Crippen LogP contribution is 2.50. The molecule has 2 aromatic rings. The summed E-state index contributed by atoms with van der Waals surface area (Å²) in [5, 5.41) is 10.3. The molecule has 35 heavy (non-hydrogen) atoms. The molecule has 190 valence electrons. The topological polar surface area (TPSA) is 86.7 Å². The van der Waals surface area contributed by atoms with Crippen LogP contribution < -0.4 is 4.72 Å². The number of carbonyl (C=O) groups excluding carboxylic acids is 1. The molecule has 2 aromatic carbocycles. The molecule has 4 atom stereocenters. The molecule has 1 amide bonds. The molecule has 1 aliphatic carbocycles. The Balaban J connectivity index is 1.78. The molecule has 0 aromatic heterocycles. The number of rotatable bonds is 7. The number of benzene rings is 2. The standard InChI is InChI=1S/C23H23F5N2O4S/c1-23(2,32)21(31)30-17-10-16(17)20(29-35(33,34)22(27)28)18(30)8-11-4-3-5-15(19(11)26)12-6-13(24)9-14(25)7-12/h3-7,9,16-18,20,22,29,32H,8,10H2,1-2H3/t16-,17+,18+,20+/m0/s1/i10D2. The van der Waals surface area contributed by atoms with Crippen LogP contribution in [0.15, 0.2) is 36.4 Å². The lowest BCUT2D eigenvalue weighted by molar-refractivity contribution is -0.150. The molecule has 4 rings (SSSR count). The van der Waals surface area contributed by atoms with Gasteiger partial charge in [0.1, 0.15) is 23.1 Å². The molecule has 1 heterocycles. The van der Waals surface area contributed by atoms with Crippen LogP contribution in [0.4, 0.5) is 22.0 Å². The number of hydrogen-bond donors (Lipinski definition) is 2. The van der Waals surface area contributed by atoms with Crippen molar-refractivity contribution >= 4 is 15.9 Å². The Morgan fingerprint density at radius 1 is 1.23 bits per heavy atom. The fourth-order valence-electron chi connectivity index (χ4n) is 4.42. The lowest BCUT2D eigenvalue weighted by Gasteiger charge is -2.35. The van der Waals surface area contributed by atoms with Crippen molar-refractivity contribution in [3.8, 4) is 11.1 Å². The van der Waals surface area contributed by atoms with Gasteiger partial charge in [-0.2, -0.15) is 8.78 Å². The monoisotopic (exact) mass is 520 g/mol. The Hall–Kier alpha value is -2.57. The quantitative estimate of drug-likeness (QED) is 0.550. The Bertz CT molecular complexity index is 1330. The zero-order valence-corrected chi connectivity index (χ0v) is 19.3. The zero-order valence-electron chi connectivity index (χ0n) is 20.5. The van der Waals surface area contributed by atoms with E-state index in [1.54, 1.807) is 4.72 Å². The smallest absolute Gasteiger partial charge is 0.350 e. The van der Waals surface area contributed by atoms with Gasteiger partial charge in [-0.25, -0.2) is 26.3 Å².